The number of nitrogens with zero attached hydrogens (tertiary/aromatic N) is 3. The number of guanidine groups is 1. The van der Waals surface area contributed by atoms with Crippen molar-refractivity contribution >= 4 is 17.3 Å². The van der Waals surface area contributed by atoms with Crippen LogP contribution in [0.2, 0.25) is 0 Å². The van der Waals surface area contributed by atoms with Crippen LogP contribution in [0.4, 0.5) is 0 Å². The summed E-state index contributed by atoms with van der Waals surface area (Å²) in [4.78, 5) is 12.4. The highest BCUT2D eigenvalue weighted by molar-refractivity contribution is 7.11. The van der Waals surface area contributed by atoms with Crippen LogP contribution in [-0.2, 0) is 11.3 Å². The lowest BCUT2D eigenvalue weighted by molar-refractivity contribution is 0.141. The van der Waals surface area contributed by atoms with E-state index in [1.165, 1.54) is 24.3 Å². The molecule has 1 aliphatic rings. The van der Waals surface area contributed by atoms with Crippen LogP contribution in [0.1, 0.15) is 22.7 Å². The van der Waals surface area contributed by atoms with Gasteiger partial charge >= 0.3 is 0 Å². The van der Waals surface area contributed by atoms with Gasteiger partial charge in [0.2, 0.25) is 0 Å². The molecule has 2 N–H and O–H groups in total. The summed E-state index contributed by atoms with van der Waals surface area (Å²) in [5, 5.41) is 7.84. The molecule has 2 rings (SSSR count). The second-order valence-corrected chi connectivity index (χ2v) is 6.82. The van der Waals surface area contributed by atoms with Gasteiger partial charge in [-0.15, -0.1) is 11.3 Å². The van der Waals surface area contributed by atoms with E-state index in [4.69, 9.17) is 4.74 Å². The number of hydrogen-bond acceptors (Lipinski definition) is 5. The van der Waals surface area contributed by atoms with E-state index in [1.807, 2.05) is 6.20 Å². The fourth-order valence-corrected chi connectivity index (χ4v) is 3.43. The van der Waals surface area contributed by atoms with E-state index in [-0.39, 0.29) is 0 Å². The lowest BCUT2D eigenvalue weighted by atomic mass is 10.2. The minimum atomic E-state index is 0.566. The maximum Gasteiger partial charge on any atom is 0.191 e. The molecule has 124 valence electrons. The molecule has 1 unspecified atom stereocenters. The standard InChI is InChI=1S/C15H27N5OS/c1-12-9-17-14(22-12)11-19-15(16-2)18-10-13-5-4-6-20(13)7-8-21-3/h9,13H,4-8,10-11H2,1-3H3,(H2,16,18,19). The van der Waals surface area contributed by atoms with Crippen molar-refractivity contribution in [3.63, 3.8) is 0 Å². The van der Waals surface area contributed by atoms with E-state index in [1.54, 1.807) is 25.5 Å². The summed E-state index contributed by atoms with van der Waals surface area (Å²) in [6.45, 7) is 6.68. The van der Waals surface area contributed by atoms with Gasteiger partial charge in [-0.2, -0.15) is 0 Å². The quantitative estimate of drug-likeness (QED) is 0.583. The molecule has 1 atom stereocenters. The zero-order valence-corrected chi connectivity index (χ0v) is 14.6. The van der Waals surface area contributed by atoms with E-state index >= 15 is 0 Å². The van der Waals surface area contributed by atoms with E-state index in [0.29, 0.717) is 6.04 Å². The summed E-state index contributed by atoms with van der Waals surface area (Å²) < 4.78 is 5.18. The number of hydrogen-bond donors (Lipinski definition) is 2. The molecule has 0 aliphatic carbocycles. The zero-order valence-electron chi connectivity index (χ0n) is 13.8. The predicted molar refractivity (Wildman–Crippen MR) is 91.5 cm³/mol. The number of ether oxygens (including phenoxy) is 1. The molecule has 1 aromatic rings. The molecule has 0 radical (unpaired) electrons. The molecule has 0 spiro atoms. The number of nitrogens with one attached hydrogen (secondary N) is 2. The summed E-state index contributed by atoms with van der Waals surface area (Å²) in [5.41, 5.74) is 0. The molecule has 1 aromatic heterocycles. The molecule has 1 saturated heterocycles. The largest absolute Gasteiger partial charge is 0.383 e. The topological polar surface area (TPSA) is 61.8 Å². The van der Waals surface area contributed by atoms with Crippen molar-refractivity contribution in [2.24, 2.45) is 4.99 Å². The van der Waals surface area contributed by atoms with Gasteiger partial charge in [0, 0.05) is 44.4 Å². The number of aromatic nitrogens is 1. The fourth-order valence-electron chi connectivity index (χ4n) is 2.71. The van der Waals surface area contributed by atoms with Gasteiger partial charge in [-0.05, 0) is 26.3 Å². The molecule has 0 amide bonds. The average Bonchev–Trinajstić information content (AvgIpc) is 3.14. The normalized spacial score (nSPS) is 19.6. The van der Waals surface area contributed by atoms with Gasteiger partial charge in [-0.25, -0.2) is 4.98 Å². The van der Waals surface area contributed by atoms with Crippen LogP contribution >= 0.6 is 11.3 Å². The first-order chi connectivity index (χ1) is 10.7. The Morgan fingerprint density at radius 3 is 3.09 bits per heavy atom. The highest BCUT2D eigenvalue weighted by atomic mass is 32.1. The molecular weight excluding hydrogens is 298 g/mol. The Balaban J connectivity index is 1.73. The van der Waals surface area contributed by atoms with E-state index in [2.05, 4.69) is 32.4 Å². The van der Waals surface area contributed by atoms with Crippen LogP contribution in [0.15, 0.2) is 11.2 Å². The maximum atomic E-state index is 5.18. The summed E-state index contributed by atoms with van der Waals surface area (Å²) in [6.07, 6.45) is 4.41. The summed E-state index contributed by atoms with van der Waals surface area (Å²) in [5.74, 6) is 0.839. The Morgan fingerprint density at radius 1 is 1.55 bits per heavy atom. The first-order valence-corrected chi connectivity index (χ1v) is 8.63. The van der Waals surface area contributed by atoms with Gasteiger partial charge in [0.1, 0.15) is 5.01 Å². The Labute approximate surface area is 137 Å². The van der Waals surface area contributed by atoms with Gasteiger partial charge in [0.15, 0.2) is 5.96 Å². The third-order valence-electron chi connectivity index (χ3n) is 3.89. The molecule has 2 heterocycles. The smallest absolute Gasteiger partial charge is 0.191 e. The lowest BCUT2D eigenvalue weighted by Crippen LogP contribution is -2.45. The van der Waals surface area contributed by atoms with Crippen LogP contribution in [0.5, 0.6) is 0 Å². The summed E-state index contributed by atoms with van der Waals surface area (Å²) in [7, 11) is 3.56. The Kier molecular flexibility index (Phi) is 7.08. The van der Waals surface area contributed by atoms with Crippen molar-refractivity contribution in [2.45, 2.75) is 32.4 Å². The van der Waals surface area contributed by atoms with E-state index in [9.17, 15) is 0 Å². The Bertz CT molecular complexity index is 476. The molecule has 0 saturated carbocycles. The molecule has 7 heteroatoms. The summed E-state index contributed by atoms with van der Waals surface area (Å²) >= 11 is 1.71. The second-order valence-electron chi connectivity index (χ2n) is 5.50. The lowest BCUT2D eigenvalue weighted by Gasteiger charge is -2.25. The third-order valence-corrected chi connectivity index (χ3v) is 4.80. The maximum absolute atomic E-state index is 5.18. The molecule has 6 nitrogen and oxygen atoms in total. The second kappa shape index (κ2) is 9.07. The Morgan fingerprint density at radius 2 is 2.41 bits per heavy atom. The van der Waals surface area contributed by atoms with Gasteiger partial charge in [0.05, 0.1) is 13.2 Å². The Hall–Kier alpha value is -1.18. The van der Waals surface area contributed by atoms with E-state index < -0.39 is 0 Å². The third kappa shape index (κ3) is 5.23. The number of likely N-dealkylation sites (tertiary alicyclic amines) is 1. The first-order valence-electron chi connectivity index (χ1n) is 7.81. The van der Waals surface area contributed by atoms with Crippen molar-refractivity contribution < 1.29 is 4.74 Å². The molecule has 1 fully saturated rings. The number of methoxy groups -OCH3 is 1. The van der Waals surface area contributed by atoms with E-state index in [0.717, 1.165) is 37.2 Å². The van der Waals surface area contributed by atoms with Crippen molar-refractivity contribution in [3.05, 3.63) is 16.1 Å². The van der Waals surface area contributed by atoms with Crippen molar-refractivity contribution in [3.8, 4) is 0 Å². The molecular formula is C15H27N5OS. The average molecular weight is 325 g/mol. The molecule has 1 aliphatic heterocycles. The van der Waals surface area contributed by atoms with Crippen LogP contribution in [0.3, 0.4) is 0 Å². The van der Waals surface area contributed by atoms with Crippen molar-refractivity contribution in [1.82, 2.24) is 20.5 Å². The monoisotopic (exact) mass is 325 g/mol. The van der Waals surface area contributed by atoms with Crippen LogP contribution in [0.25, 0.3) is 0 Å². The van der Waals surface area contributed by atoms with Gasteiger partial charge in [-0.1, -0.05) is 0 Å². The van der Waals surface area contributed by atoms with Gasteiger partial charge < -0.3 is 15.4 Å². The van der Waals surface area contributed by atoms with Crippen molar-refractivity contribution in [1.29, 1.82) is 0 Å². The SMILES string of the molecule is CN=C(NCc1ncc(C)s1)NCC1CCCN1CCOC. The van der Waals surface area contributed by atoms with Crippen molar-refractivity contribution in [2.75, 3.05) is 40.4 Å². The number of aryl methyl sites for hydroxylation is 1. The van der Waals surface area contributed by atoms with Gasteiger partial charge in [-0.3, -0.25) is 9.89 Å². The first kappa shape index (κ1) is 17.2. The molecule has 22 heavy (non-hydrogen) atoms. The number of aliphatic imine (C=N–C) groups is 1. The van der Waals surface area contributed by atoms with Gasteiger partial charge in [0.25, 0.3) is 0 Å². The van der Waals surface area contributed by atoms with Crippen LogP contribution in [0, 0.1) is 6.92 Å². The highest BCUT2D eigenvalue weighted by Crippen LogP contribution is 2.15. The minimum absolute atomic E-state index is 0.566. The molecule has 0 aromatic carbocycles. The molecule has 0 bridgehead atoms. The highest BCUT2D eigenvalue weighted by Gasteiger charge is 2.23. The van der Waals surface area contributed by atoms with Crippen LogP contribution < -0.4 is 10.6 Å². The minimum Gasteiger partial charge on any atom is -0.383 e. The number of thiazole rings is 1. The number of rotatable bonds is 7. The zero-order chi connectivity index (χ0) is 15.8. The van der Waals surface area contributed by atoms with Crippen LogP contribution in [-0.4, -0.2) is 62.3 Å². The fraction of sp³-hybridized carbons (Fsp3) is 0.733. The summed E-state index contributed by atoms with van der Waals surface area (Å²) in [6, 6.07) is 0.566. The predicted octanol–water partition coefficient (Wildman–Crippen LogP) is 1.23.